The van der Waals surface area contributed by atoms with Crippen molar-refractivity contribution >= 4 is 26.7 Å². The highest BCUT2D eigenvalue weighted by molar-refractivity contribution is 8.55. The van der Waals surface area contributed by atoms with Gasteiger partial charge in [0.15, 0.2) is 6.23 Å². The molecule has 2 heterocycles. The zero-order chi connectivity index (χ0) is 28.6. The van der Waals surface area contributed by atoms with E-state index in [2.05, 4.69) is 14.5 Å². The van der Waals surface area contributed by atoms with E-state index in [1.165, 1.54) is 38.2 Å². The number of methoxy groups -OCH3 is 1. The van der Waals surface area contributed by atoms with Gasteiger partial charge in [-0.1, -0.05) is 6.92 Å². The molecule has 0 aliphatic carbocycles. The van der Waals surface area contributed by atoms with Crippen molar-refractivity contribution in [1.29, 1.82) is 0 Å². The summed E-state index contributed by atoms with van der Waals surface area (Å²) in [5.41, 5.74) is -1.22. The molecular weight excluding hydrogens is 558 g/mol. The van der Waals surface area contributed by atoms with Gasteiger partial charge in [0.25, 0.3) is 14.1 Å². The summed E-state index contributed by atoms with van der Waals surface area (Å²) >= 11 is 0.952. The molecule has 0 spiro atoms. The maximum absolute atomic E-state index is 12.9. The van der Waals surface area contributed by atoms with E-state index in [0.29, 0.717) is 0 Å². The predicted octanol–water partition coefficient (Wildman–Crippen LogP) is 3.64. The van der Waals surface area contributed by atoms with Gasteiger partial charge in [-0.15, -0.1) is 0 Å². The minimum Gasteiger partial charge on any atom is -0.374 e. The van der Waals surface area contributed by atoms with Crippen LogP contribution in [0.15, 0.2) is 21.9 Å². The number of nitrogens with zero attached hydrogens (tertiary/aromatic N) is 3. The largest absolute Gasteiger partial charge is 0.388 e. The van der Waals surface area contributed by atoms with Gasteiger partial charge < -0.3 is 32.4 Å². The molecule has 1 aliphatic heterocycles. The molecule has 1 saturated heterocycles. The molecule has 0 aromatic carbocycles. The Morgan fingerprint density at radius 1 is 1.18 bits per heavy atom. The zero-order valence-corrected chi connectivity index (χ0v) is 25.5. The number of aromatic nitrogens is 2. The van der Waals surface area contributed by atoms with E-state index < -0.39 is 56.4 Å². The van der Waals surface area contributed by atoms with E-state index >= 15 is 0 Å². The van der Waals surface area contributed by atoms with Crippen LogP contribution in [0.2, 0.25) is 0 Å². The van der Waals surface area contributed by atoms with Crippen LogP contribution in [0.25, 0.3) is 4.85 Å². The number of ether oxygens (including phenoxy) is 2. The number of H-pyrrole nitrogens is 1. The summed E-state index contributed by atoms with van der Waals surface area (Å²) in [5, 5.41) is -0.515. The Bertz CT molecular complexity index is 1080. The molecule has 0 bridgehead atoms. The van der Waals surface area contributed by atoms with Gasteiger partial charge in [-0.3, -0.25) is 14.3 Å². The molecule has 0 amide bonds. The van der Waals surface area contributed by atoms with Gasteiger partial charge in [0.2, 0.25) is 6.54 Å². The van der Waals surface area contributed by atoms with Crippen molar-refractivity contribution in [2.45, 2.75) is 76.5 Å². The first-order valence-corrected chi connectivity index (χ1v) is 16.2. The van der Waals surface area contributed by atoms with Crippen molar-refractivity contribution in [3.05, 3.63) is 44.5 Å². The van der Waals surface area contributed by atoms with Gasteiger partial charge in [-0.25, -0.2) is 20.6 Å². The average Bonchev–Trinajstić information content (AvgIpc) is 3.21. The molecule has 0 radical (unpaired) electrons. The number of hydrogen-bond donors (Lipinski definition) is 1. The lowest BCUT2D eigenvalue weighted by Crippen LogP contribution is -2.42. The Hall–Kier alpha value is -1.10. The minimum absolute atomic E-state index is 0.0439. The SMILES string of the molecule is [C-]#[N+]CCOP(OC1C(OC)[C@H](n2ccc(=O)[nH]c2=O)O[C@@H]1C(C)SP(=O)(OC)OC)N(C(C)C)C(C)C. The summed E-state index contributed by atoms with van der Waals surface area (Å²) in [6, 6.07) is 1.30. The second kappa shape index (κ2) is 15.1. The van der Waals surface area contributed by atoms with Crippen molar-refractivity contribution in [3.63, 3.8) is 0 Å². The van der Waals surface area contributed by atoms with Crippen molar-refractivity contribution in [1.82, 2.24) is 14.2 Å². The Labute approximate surface area is 228 Å². The van der Waals surface area contributed by atoms with E-state index in [0.717, 1.165) is 11.4 Å². The molecule has 16 heteroatoms. The first kappa shape index (κ1) is 33.1. The molecule has 1 aromatic rings. The van der Waals surface area contributed by atoms with Gasteiger partial charge in [-0.05, 0) is 39.1 Å². The van der Waals surface area contributed by atoms with Crippen LogP contribution in [0.5, 0.6) is 0 Å². The van der Waals surface area contributed by atoms with Gasteiger partial charge in [0, 0.05) is 50.9 Å². The molecule has 2 rings (SSSR count). The molecule has 4 unspecified atom stereocenters. The molecule has 6 atom stereocenters. The fourth-order valence-electron chi connectivity index (χ4n) is 4.08. The van der Waals surface area contributed by atoms with Gasteiger partial charge in [-0.2, -0.15) is 0 Å². The fourth-order valence-corrected chi connectivity index (χ4v) is 8.99. The van der Waals surface area contributed by atoms with Crippen LogP contribution < -0.4 is 11.2 Å². The van der Waals surface area contributed by atoms with Crippen LogP contribution in [0.1, 0.15) is 40.8 Å². The maximum Gasteiger partial charge on any atom is 0.388 e. The summed E-state index contributed by atoms with van der Waals surface area (Å²) in [4.78, 5) is 29.9. The number of rotatable bonds is 15. The molecule has 0 saturated carbocycles. The molecule has 1 aromatic heterocycles. The Kier molecular flexibility index (Phi) is 13.1. The molecule has 216 valence electrons. The third-order valence-electron chi connectivity index (χ3n) is 5.69. The fraction of sp³-hybridized carbons (Fsp3) is 0.773. The highest BCUT2D eigenvalue weighted by Crippen LogP contribution is 2.63. The van der Waals surface area contributed by atoms with Crippen LogP contribution in [0, 0.1) is 6.57 Å². The number of hydrogen-bond acceptors (Lipinski definition) is 11. The highest BCUT2D eigenvalue weighted by atomic mass is 32.7. The van der Waals surface area contributed by atoms with Crippen molar-refractivity contribution < 1.29 is 32.1 Å². The number of aromatic amines is 1. The molecule has 1 fully saturated rings. The zero-order valence-electron chi connectivity index (χ0n) is 22.9. The Balaban J connectivity index is 2.55. The maximum atomic E-state index is 12.9. The van der Waals surface area contributed by atoms with Gasteiger partial charge >= 0.3 is 12.5 Å². The van der Waals surface area contributed by atoms with E-state index in [1.54, 1.807) is 6.92 Å². The van der Waals surface area contributed by atoms with Crippen LogP contribution in [0.3, 0.4) is 0 Å². The predicted molar refractivity (Wildman–Crippen MR) is 146 cm³/mol. The van der Waals surface area contributed by atoms with Crippen molar-refractivity contribution in [3.8, 4) is 0 Å². The van der Waals surface area contributed by atoms with E-state index in [9.17, 15) is 14.2 Å². The highest BCUT2D eigenvalue weighted by Gasteiger charge is 2.52. The van der Waals surface area contributed by atoms with Gasteiger partial charge in [0.1, 0.15) is 24.9 Å². The third kappa shape index (κ3) is 8.21. The second-order valence-corrected chi connectivity index (χ2v) is 14.9. The monoisotopic (exact) mass is 596 g/mol. The van der Waals surface area contributed by atoms with Crippen LogP contribution in [-0.2, 0) is 32.1 Å². The molecule has 13 nitrogen and oxygen atoms in total. The molecule has 38 heavy (non-hydrogen) atoms. The van der Waals surface area contributed by atoms with E-state index in [-0.39, 0.29) is 25.2 Å². The summed E-state index contributed by atoms with van der Waals surface area (Å²) in [5.74, 6) is 0. The van der Waals surface area contributed by atoms with Crippen LogP contribution in [-0.4, -0.2) is 84.3 Å². The van der Waals surface area contributed by atoms with Crippen molar-refractivity contribution in [2.24, 2.45) is 0 Å². The average molecular weight is 597 g/mol. The summed E-state index contributed by atoms with van der Waals surface area (Å²) < 4.78 is 51.3. The lowest BCUT2D eigenvalue weighted by molar-refractivity contribution is -0.0531. The molecule has 1 aliphatic rings. The summed E-state index contributed by atoms with van der Waals surface area (Å²) in [6.45, 7) is 13.8. The minimum atomic E-state index is -3.50. The standard InChI is InChI=1S/C22H38N4O9P2S/c1-14(2)26(15(3)4)36(33-13-11-23-6)35-19-18(16(5)38-37(29,31-8)32-9)34-21(20(19)30-7)25-12-10-17(27)24-22(25)28/h10,12,14-16,18-21H,11,13H2,1-5,7-9H3,(H,24,27,28)/t16?,18-,19?,20?,21-,36?/m1/s1. The Morgan fingerprint density at radius 2 is 1.82 bits per heavy atom. The lowest BCUT2D eigenvalue weighted by Gasteiger charge is -2.38. The van der Waals surface area contributed by atoms with Gasteiger partial charge in [0.05, 0.1) is 0 Å². The molecular formula is C22H38N4O9P2S. The van der Waals surface area contributed by atoms with Crippen molar-refractivity contribution in [2.75, 3.05) is 34.5 Å². The van der Waals surface area contributed by atoms with E-state index in [1.807, 2.05) is 27.7 Å². The first-order valence-electron chi connectivity index (χ1n) is 12.0. The normalized spacial score (nSPS) is 23.7. The number of nitrogens with one attached hydrogen (secondary N) is 1. The van der Waals surface area contributed by atoms with Crippen LogP contribution >= 0.6 is 26.7 Å². The quantitative estimate of drug-likeness (QED) is 0.181. The summed E-state index contributed by atoms with van der Waals surface area (Å²) in [6.07, 6.45) is -2.02. The topological polar surface area (TPSA) is 135 Å². The second-order valence-electron chi connectivity index (χ2n) is 8.92. The molecule has 1 N–H and O–H groups in total. The third-order valence-corrected chi connectivity index (χ3v) is 12.2. The van der Waals surface area contributed by atoms with Crippen LogP contribution in [0.4, 0.5) is 0 Å². The summed E-state index contributed by atoms with van der Waals surface area (Å²) in [7, 11) is 2.35. The Morgan fingerprint density at radius 3 is 2.32 bits per heavy atom. The lowest BCUT2D eigenvalue weighted by atomic mass is 10.1. The first-order chi connectivity index (χ1) is 17.9. The van der Waals surface area contributed by atoms with E-state index in [4.69, 9.17) is 34.1 Å². The smallest absolute Gasteiger partial charge is 0.374 e.